The van der Waals surface area contributed by atoms with Gasteiger partial charge in [0.25, 0.3) is 0 Å². The van der Waals surface area contributed by atoms with Crippen molar-refractivity contribution in [1.82, 2.24) is 15.0 Å². The van der Waals surface area contributed by atoms with Gasteiger partial charge in [-0.2, -0.15) is 0 Å². The lowest BCUT2D eigenvalue weighted by Crippen LogP contribution is -2.20. The van der Waals surface area contributed by atoms with Gasteiger partial charge in [-0.1, -0.05) is 5.21 Å². The molecule has 1 aromatic heterocycles. The van der Waals surface area contributed by atoms with E-state index in [1.807, 2.05) is 7.05 Å². The van der Waals surface area contributed by atoms with Crippen molar-refractivity contribution in [2.45, 2.75) is 25.2 Å². The molecule has 0 unspecified atom stereocenters. The SMILES string of the molecule is CC(=O)C1(c2cnnn2C)CC1. The maximum atomic E-state index is 11.3. The van der Waals surface area contributed by atoms with Crippen LogP contribution in [0.2, 0.25) is 0 Å². The average Bonchev–Trinajstić information content (AvgIpc) is 2.71. The lowest BCUT2D eigenvalue weighted by molar-refractivity contribution is -0.119. The van der Waals surface area contributed by atoms with Gasteiger partial charge in [0.2, 0.25) is 0 Å². The number of Topliss-reactive ketones (excluding diaryl/α,β-unsaturated/α-hetero) is 1. The van der Waals surface area contributed by atoms with E-state index in [2.05, 4.69) is 10.3 Å². The Morgan fingerprint density at radius 2 is 2.33 bits per heavy atom. The Morgan fingerprint density at radius 1 is 1.67 bits per heavy atom. The molecule has 0 bridgehead atoms. The number of aryl methyl sites for hydroxylation is 1. The van der Waals surface area contributed by atoms with Gasteiger partial charge >= 0.3 is 0 Å². The molecular formula is C8H11N3O. The number of nitrogens with zero attached hydrogens (tertiary/aromatic N) is 3. The third-order valence-corrected chi connectivity index (χ3v) is 2.63. The molecule has 0 aromatic carbocycles. The summed E-state index contributed by atoms with van der Waals surface area (Å²) in [4.78, 5) is 11.3. The molecule has 0 spiro atoms. The molecular weight excluding hydrogens is 154 g/mol. The Bertz CT molecular complexity index is 325. The second-order valence-corrected chi connectivity index (χ2v) is 3.38. The van der Waals surface area contributed by atoms with Crippen molar-refractivity contribution in [3.05, 3.63) is 11.9 Å². The first-order valence-corrected chi connectivity index (χ1v) is 4.03. The highest BCUT2D eigenvalue weighted by atomic mass is 16.1. The van der Waals surface area contributed by atoms with Crippen molar-refractivity contribution < 1.29 is 4.79 Å². The van der Waals surface area contributed by atoms with E-state index in [0.29, 0.717) is 0 Å². The van der Waals surface area contributed by atoms with Crippen LogP contribution in [0.3, 0.4) is 0 Å². The van der Waals surface area contributed by atoms with Crippen LogP contribution in [0.1, 0.15) is 25.5 Å². The molecule has 1 fully saturated rings. The predicted molar refractivity (Wildman–Crippen MR) is 42.6 cm³/mol. The molecule has 0 saturated heterocycles. The average molecular weight is 165 g/mol. The maximum Gasteiger partial charge on any atom is 0.141 e. The van der Waals surface area contributed by atoms with Crippen LogP contribution in [0, 0.1) is 0 Å². The van der Waals surface area contributed by atoms with Crippen molar-refractivity contribution in [2.24, 2.45) is 7.05 Å². The van der Waals surface area contributed by atoms with Crippen LogP contribution in [0.25, 0.3) is 0 Å². The smallest absolute Gasteiger partial charge is 0.141 e. The molecule has 0 amide bonds. The highest BCUT2D eigenvalue weighted by Gasteiger charge is 2.51. The topological polar surface area (TPSA) is 47.8 Å². The van der Waals surface area contributed by atoms with Crippen molar-refractivity contribution in [2.75, 3.05) is 0 Å². The number of rotatable bonds is 2. The number of carbonyl (C=O) groups excluding carboxylic acids is 1. The van der Waals surface area contributed by atoms with E-state index in [9.17, 15) is 4.79 Å². The Kier molecular flexibility index (Phi) is 1.34. The zero-order chi connectivity index (χ0) is 8.77. The third-order valence-electron chi connectivity index (χ3n) is 2.63. The van der Waals surface area contributed by atoms with E-state index in [-0.39, 0.29) is 11.2 Å². The minimum atomic E-state index is -0.238. The molecule has 64 valence electrons. The van der Waals surface area contributed by atoms with Gasteiger partial charge in [0, 0.05) is 7.05 Å². The minimum absolute atomic E-state index is 0.230. The lowest BCUT2D eigenvalue weighted by atomic mass is 9.98. The Labute approximate surface area is 70.6 Å². The fraction of sp³-hybridized carbons (Fsp3) is 0.625. The van der Waals surface area contributed by atoms with Gasteiger partial charge in [-0.05, 0) is 19.8 Å². The largest absolute Gasteiger partial charge is 0.299 e. The van der Waals surface area contributed by atoms with E-state index in [0.717, 1.165) is 18.5 Å². The van der Waals surface area contributed by atoms with E-state index in [1.54, 1.807) is 17.8 Å². The van der Waals surface area contributed by atoms with Gasteiger partial charge in [-0.15, -0.1) is 5.10 Å². The van der Waals surface area contributed by atoms with Crippen molar-refractivity contribution in [3.8, 4) is 0 Å². The van der Waals surface area contributed by atoms with Crippen LogP contribution in [0.4, 0.5) is 0 Å². The first-order valence-electron chi connectivity index (χ1n) is 4.03. The number of ketones is 1. The standard InChI is InChI=1S/C8H11N3O/c1-6(12)8(3-4-8)7-5-9-10-11(7)2/h5H,3-4H2,1-2H3. The third kappa shape index (κ3) is 0.807. The summed E-state index contributed by atoms with van der Waals surface area (Å²) in [7, 11) is 1.82. The van der Waals surface area contributed by atoms with Crippen LogP contribution < -0.4 is 0 Å². The van der Waals surface area contributed by atoms with Crippen molar-refractivity contribution in [1.29, 1.82) is 0 Å². The Balaban J connectivity index is 2.43. The van der Waals surface area contributed by atoms with Crippen molar-refractivity contribution in [3.63, 3.8) is 0 Å². The maximum absolute atomic E-state index is 11.3. The summed E-state index contributed by atoms with van der Waals surface area (Å²) >= 11 is 0. The molecule has 2 rings (SSSR count). The highest BCUT2D eigenvalue weighted by molar-refractivity contribution is 5.90. The minimum Gasteiger partial charge on any atom is -0.299 e. The molecule has 1 aliphatic carbocycles. The molecule has 1 aromatic rings. The molecule has 4 nitrogen and oxygen atoms in total. The molecule has 4 heteroatoms. The molecule has 0 radical (unpaired) electrons. The molecule has 1 aliphatic rings. The van der Waals surface area contributed by atoms with Gasteiger partial charge < -0.3 is 0 Å². The molecule has 12 heavy (non-hydrogen) atoms. The van der Waals surface area contributed by atoms with Gasteiger partial charge in [0.15, 0.2) is 0 Å². The summed E-state index contributed by atoms with van der Waals surface area (Å²) in [5, 5.41) is 7.59. The first kappa shape index (κ1) is 7.46. The van der Waals surface area contributed by atoms with Gasteiger partial charge in [0.1, 0.15) is 5.78 Å². The summed E-state index contributed by atoms with van der Waals surface area (Å²) in [5.41, 5.74) is 0.716. The number of carbonyl (C=O) groups is 1. The molecule has 1 saturated carbocycles. The van der Waals surface area contributed by atoms with Gasteiger partial charge in [0.05, 0.1) is 17.3 Å². The zero-order valence-electron chi connectivity index (χ0n) is 7.24. The predicted octanol–water partition coefficient (Wildman–Crippen LogP) is 0.436. The summed E-state index contributed by atoms with van der Waals surface area (Å²) in [5.74, 6) is 0.230. The first-order chi connectivity index (χ1) is 5.67. The van der Waals surface area contributed by atoms with Crippen LogP contribution in [-0.2, 0) is 17.3 Å². The fourth-order valence-electron chi connectivity index (χ4n) is 1.64. The van der Waals surface area contributed by atoms with E-state index >= 15 is 0 Å². The quantitative estimate of drug-likeness (QED) is 0.638. The normalized spacial score (nSPS) is 19.2. The van der Waals surface area contributed by atoms with Crippen LogP contribution >= 0.6 is 0 Å². The van der Waals surface area contributed by atoms with E-state index in [4.69, 9.17) is 0 Å². The number of hydrogen-bond acceptors (Lipinski definition) is 3. The summed E-state index contributed by atoms with van der Waals surface area (Å²) in [6, 6.07) is 0. The summed E-state index contributed by atoms with van der Waals surface area (Å²) < 4.78 is 1.69. The molecule has 1 heterocycles. The lowest BCUT2D eigenvalue weighted by Gasteiger charge is -2.09. The van der Waals surface area contributed by atoms with Gasteiger partial charge in [-0.3, -0.25) is 9.48 Å². The van der Waals surface area contributed by atoms with Gasteiger partial charge in [-0.25, -0.2) is 0 Å². The Morgan fingerprint density at radius 3 is 2.67 bits per heavy atom. The summed E-state index contributed by atoms with van der Waals surface area (Å²) in [6.45, 7) is 1.64. The van der Waals surface area contributed by atoms with E-state index < -0.39 is 0 Å². The molecule has 0 atom stereocenters. The zero-order valence-corrected chi connectivity index (χ0v) is 7.24. The molecule has 0 aliphatic heterocycles. The van der Waals surface area contributed by atoms with E-state index in [1.165, 1.54) is 0 Å². The van der Waals surface area contributed by atoms with Crippen LogP contribution in [0.5, 0.6) is 0 Å². The fourth-order valence-corrected chi connectivity index (χ4v) is 1.64. The summed E-state index contributed by atoms with van der Waals surface area (Å²) in [6.07, 6.45) is 3.58. The highest BCUT2D eigenvalue weighted by Crippen LogP contribution is 2.48. The number of hydrogen-bond donors (Lipinski definition) is 0. The second kappa shape index (κ2) is 2.15. The monoisotopic (exact) mass is 165 g/mol. The second-order valence-electron chi connectivity index (χ2n) is 3.38. The van der Waals surface area contributed by atoms with Crippen LogP contribution in [0.15, 0.2) is 6.20 Å². The Hall–Kier alpha value is -1.19. The van der Waals surface area contributed by atoms with Crippen molar-refractivity contribution >= 4 is 5.78 Å². The number of aromatic nitrogens is 3. The molecule has 0 N–H and O–H groups in total. The van der Waals surface area contributed by atoms with Crippen LogP contribution in [-0.4, -0.2) is 20.8 Å².